The zero-order valence-electron chi connectivity index (χ0n) is 9.77. The quantitative estimate of drug-likeness (QED) is 0.815. The van der Waals surface area contributed by atoms with E-state index in [9.17, 15) is 4.79 Å². The minimum absolute atomic E-state index is 0.171. The van der Waals surface area contributed by atoms with Crippen LogP contribution >= 0.6 is 15.9 Å². The number of halogens is 1. The van der Waals surface area contributed by atoms with E-state index in [0.717, 1.165) is 16.0 Å². The second kappa shape index (κ2) is 5.68. The van der Waals surface area contributed by atoms with E-state index >= 15 is 0 Å². The third-order valence-corrected chi connectivity index (χ3v) is 2.91. The average Bonchev–Trinajstić information content (AvgIpc) is 2.85. The number of aromatic nitrogens is 2. The van der Waals surface area contributed by atoms with Crippen LogP contribution in [0.1, 0.15) is 18.8 Å². The lowest BCUT2D eigenvalue weighted by Gasteiger charge is -2.12. The molecule has 0 aliphatic heterocycles. The Morgan fingerprint density at radius 3 is 2.72 bits per heavy atom. The summed E-state index contributed by atoms with van der Waals surface area (Å²) in [5.74, 6) is 0.723. The van der Waals surface area contributed by atoms with Gasteiger partial charge in [0.25, 0.3) is 0 Å². The molecule has 1 unspecified atom stereocenters. The number of rotatable bonds is 3. The zero-order valence-corrected chi connectivity index (χ0v) is 11.4. The summed E-state index contributed by atoms with van der Waals surface area (Å²) in [5.41, 5.74) is 0.738. The van der Waals surface area contributed by atoms with E-state index in [1.165, 1.54) is 0 Å². The highest BCUT2D eigenvalue weighted by Crippen LogP contribution is 2.14. The average molecular weight is 309 g/mol. The Morgan fingerprint density at radius 2 is 2.11 bits per heavy atom. The minimum atomic E-state index is -0.263. The minimum Gasteiger partial charge on any atom is -0.347 e. The molecular formula is C12H13BrN4O. The van der Waals surface area contributed by atoms with Crippen molar-refractivity contribution in [1.82, 2.24) is 15.3 Å². The third kappa shape index (κ3) is 3.33. The van der Waals surface area contributed by atoms with Gasteiger partial charge < -0.3 is 15.6 Å². The van der Waals surface area contributed by atoms with Gasteiger partial charge in [-0.2, -0.15) is 0 Å². The Kier molecular flexibility index (Phi) is 3.99. The number of anilines is 1. The lowest BCUT2D eigenvalue weighted by Crippen LogP contribution is -2.31. The van der Waals surface area contributed by atoms with Crippen molar-refractivity contribution in [3.63, 3.8) is 0 Å². The van der Waals surface area contributed by atoms with E-state index in [2.05, 4.69) is 36.5 Å². The van der Waals surface area contributed by atoms with Crippen molar-refractivity contribution in [2.75, 3.05) is 5.32 Å². The van der Waals surface area contributed by atoms with Gasteiger partial charge in [0.15, 0.2) is 0 Å². The Hall–Kier alpha value is -1.82. The highest BCUT2D eigenvalue weighted by atomic mass is 79.9. The molecule has 3 N–H and O–H groups in total. The molecule has 2 aromatic rings. The van der Waals surface area contributed by atoms with Crippen molar-refractivity contribution < 1.29 is 4.79 Å². The van der Waals surface area contributed by atoms with Crippen LogP contribution in [0.25, 0.3) is 0 Å². The molecule has 1 aromatic heterocycles. The van der Waals surface area contributed by atoms with E-state index in [1.807, 2.05) is 31.2 Å². The summed E-state index contributed by atoms with van der Waals surface area (Å²) in [7, 11) is 0. The standard InChI is InChI=1S/C12H13BrN4O/c1-8(11-14-6-7-15-11)16-12(18)17-10-4-2-9(13)3-5-10/h2-8H,1H3,(H,14,15)(H2,16,17,18). The zero-order chi connectivity index (χ0) is 13.0. The number of H-pyrrole nitrogens is 1. The maximum Gasteiger partial charge on any atom is 0.319 e. The normalized spacial score (nSPS) is 11.9. The van der Waals surface area contributed by atoms with Crippen LogP contribution in [0.3, 0.4) is 0 Å². The van der Waals surface area contributed by atoms with Gasteiger partial charge in [0.1, 0.15) is 5.82 Å². The van der Waals surface area contributed by atoms with Gasteiger partial charge in [0.2, 0.25) is 0 Å². The predicted octanol–water partition coefficient (Wildman–Crippen LogP) is 3.05. The summed E-state index contributed by atoms with van der Waals surface area (Å²) in [6.07, 6.45) is 3.38. The first-order valence-electron chi connectivity index (χ1n) is 5.47. The van der Waals surface area contributed by atoms with Gasteiger partial charge in [0.05, 0.1) is 6.04 Å². The van der Waals surface area contributed by atoms with Crippen molar-refractivity contribution in [3.05, 3.63) is 47.0 Å². The lowest BCUT2D eigenvalue weighted by atomic mass is 10.3. The van der Waals surface area contributed by atoms with E-state index in [1.54, 1.807) is 12.4 Å². The first-order chi connectivity index (χ1) is 8.65. The number of carbonyl (C=O) groups excluding carboxylic acids is 1. The van der Waals surface area contributed by atoms with Crippen LogP contribution in [0.5, 0.6) is 0 Å². The van der Waals surface area contributed by atoms with E-state index in [-0.39, 0.29) is 12.1 Å². The SMILES string of the molecule is CC(NC(=O)Nc1ccc(Br)cc1)c1ncc[nH]1. The number of hydrogen-bond donors (Lipinski definition) is 3. The number of amides is 2. The van der Waals surface area contributed by atoms with Crippen molar-refractivity contribution >= 4 is 27.6 Å². The van der Waals surface area contributed by atoms with Gasteiger partial charge in [-0.05, 0) is 31.2 Å². The smallest absolute Gasteiger partial charge is 0.319 e. The van der Waals surface area contributed by atoms with E-state index < -0.39 is 0 Å². The molecule has 2 amide bonds. The summed E-state index contributed by atoms with van der Waals surface area (Å²) >= 11 is 3.34. The van der Waals surface area contributed by atoms with Gasteiger partial charge in [-0.15, -0.1) is 0 Å². The van der Waals surface area contributed by atoms with Gasteiger partial charge in [-0.1, -0.05) is 15.9 Å². The second-order valence-electron chi connectivity index (χ2n) is 3.80. The Morgan fingerprint density at radius 1 is 1.39 bits per heavy atom. The van der Waals surface area contributed by atoms with Crippen LogP contribution in [0.15, 0.2) is 41.1 Å². The second-order valence-corrected chi connectivity index (χ2v) is 4.72. The number of nitrogens with zero attached hydrogens (tertiary/aromatic N) is 1. The molecule has 0 aliphatic rings. The Bertz CT molecular complexity index is 509. The van der Waals surface area contributed by atoms with Crippen LogP contribution in [0.4, 0.5) is 10.5 Å². The van der Waals surface area contributed by atoms with E-state index in [0.29, 0.717) is 0 Å². The van der Waals surface area contributed by atoms with Gasteiger partial charge >= 0.3 is 6.03 Å². The maximum absolute atomic E-state index is 11.7. The predicted molar refractivity (Wildman–Crippen MR) is 73.3 cm³/mol. The molecule has 6 heteroatoms. The summed E-state index contributed by atoms with van der Waals surface area (Å²) in [6, 6.07) is 6.94. The molecule has 1 atom stereocenters. The fourth-order valence-electron chi connectivity index (χ4n) is 1.48. The Labute approximate surface area is 113 Å². The van der Waals surface area contributed by atoms with Crippen molar-refractivity contribution in [2.24, 2.45) is 0 Å². The monoisotopic (exact) mass is 308 g/mol. The van der Waals surface area contributed by atoms with E-state index in [4.69, 9.17) is 0 Å². The molecule has 0 radical (unpaired) electrons. The van der Waals surface area contributed by atoms with Gasteiger partial charge in [-0.25, -0.2) is 9.78 Å². The van der Waals surface area contributed by atoms with Gasteiger partial charge in [0, 0.05) is 22.6 Å². The lowest BCUT2D eigenvalue weighted by molar-refractivity contribution is 0.249. The summed E-state index contributed by atoms with van der Waals surface area (Å²) in [5, 5.41) is 5.54. The molecule has 94 valence electrons. The number of urea groups is 1. The molecule has 5 nitrogen and oxygen atoms in total. The van der Waals surface area contributed by atoms with Crippen LogP contribution in [-0.2, 0) is 0 Å². The molecule has 0 bridgehead atoms. The van der Waals surface area contributed by atoms with Crippen LogP contribution in [0.2, 0.25) is 0 Å². The first kappa shape index (κ1) is 12.6. The topological polar surface area (TPSA) is 69.8 Å². The highest BCUT2D eigenvalue weighted by molar-refractivity contribution is 9.10. The maximum atomic E-state index is 11.7. The number of benzene rings is 1. The molecule has 1 aromatic carbocycles. The van der Waals surface area contributed by atoms with Crippen molar-refractivity contribution in [2.45, 2.75) is 13.0 Å². The fraction of sp³-hybridized carbons (Fsp3) is 0.167. The molecule has 2 rings (SSSR count). The molecule has 1 heterocycles. The number of imidazole rings is 1. The largest absolute Gasteiger partial charge is 0.347 e. The fourth-order valence-corrected chi connectivity index (χ4v) is 1.74. The molecule has 0 spiro atoms. The molecule has 0 aliphatic carbocycles. The number of carbonyl (C=O) groups is 1. The third-order valence-electron chi connectivity index (χ3n) is 2.38. The molecule has 0 fully saturated rings. The number of hydrogen-bond acceptors (Lipinski definition) is 2. The van der Waals surface area contributed by atoms with Crippen LogP contribution in [-0.4, -0.2) is 16.0 Å². The molecule has 0 saturated carbocycles. The highest BCUT2D eigenvalue weighted by Gasteiger charge is 2.10. The first-order valence-corrected chi connectivity index (χ1v) is 6.27. The Balaban J connectivity index is 1.91. The summed E-state index contributed by atoms with van der Waals surface area (Å²) in [6.45, 7) is 1.86. The summed E-state index contributed by atoms with van der Waals surface area (Å²) < 4.78 is 0.970. The van der Waals surface area contributed by atoms with Crippen molar-refractivity contribution in [1.29, 1.82) is 0 Å². The molecule has 18 heavy (non-hydrogen) atoms. The number of nitrogens with one attached hydrogen (secondary N) is 3. The molecule has 0 saturated heterocycles. The summed E-state index contributed by atoms with van der Waals surface area (Å²) in [4.78, 5) is 18.8. The van der Waals surface area contributed by atoms with Crippen LogP contribution in [0, 0.1) is 0 Å². The molecular weight excluding hydrogens is 296 g/mol. The van der Waals surface area contributed by atoms with Crippen molar-refractivity contribution in [3.8, 4) is 0 Å². The van der Waals surface area contributed by atoms with Gasteiger partial charge in [-0.3, -0.25) is 0 Å². The number of aromatic amines is 1. The van der Waals surface area contributed by atoms with Crippen LogP contribution < -0.4 is 10.6 Å².